The molecule has 0 radical (unpaired) electrons. The van der Waals surface area contributed by atoms with Gasteiger partial charge in [0.25, 0.3) is 0 Å². The number of rotatable bonds is 8. The fraction of sp³-hybridized carbons (Fsp3) is 0.300. The highest BCUT2D eigenvalue weighted by atomic mass is 16.5. The second-order valence-corrected chi connectivity index (χ2v) is 5.79. The summed E-state index contributed by atoms with van der Waals surface area (Å²) >= 11 is 0. The molecule has 0 saturated heterocycles. The third kappa shape index (κ3) is 5.32. The highest BCUT2D eigenvalue weighted by Crippen LogP contribution is 2.19. The minimum Gasteiger partial charge on any atom is -0.383 e. The van der Waals surface area contributed by atoms with Crippen molar-refractivity contribution < 1.29 is 14.3 Å². The Morgan fingerprint density at radius 1 is 0.958 bits per heavy atom. The molecule has 126 valence electrons. The largest absolute Gasteiger partial charge is 0.383 e. The SMILES string of the molecule is COCC(C)NC(=O)CCC(=O)c1ccc(-c2ccccc2)cc1. The number of ketones is 1. The van der Waals surface area contributed by atoms with Crippen LogP contribution in [0, 0.1) is 0 Å². The van der Waals surface area contributed by atoms with Crippen LogP contribution >= 0.6 is 0 Å². The number of methoxy groups -OCH3 is 1. The number of amides is 1. The first-order valence-electron chi connectivity index (χ1n) is 8.07. The molecule has 24 heavy (non-hydrogen) atoms. The fourth-order valence-corrected chi connectivity index (χ4v) is 2.49. The zero-order valence-corrected chi connectivity index (χ0v) is 14.1. The summed E-state index contributed by atoms with van der Waals surface area (Å²) in [6.07, 6.45) is 0.392. The molecule has 2 aromatic carbocycles. The summed E-state index contributed by atoms with van der Waals surface area (Å²) in [4.78, 5) is 24.0. The summed E-state index contributed by atoms with van der Waals surface area (Å²) in [5.74, 6) is -0.155. The van der Waals surface area contributed by atoms with Gasteiger partial charge < -0.3 is 10.1 Å². The summed E-state index contributed by atoms with van der Waals surface area (Å²) in [6, 6.07) is 17.4. The lowest BCUT2D eigenvalue weighted by molar-refractivity contribution is -0.122. The van der Waals surface area contributed by atoms with Crippen LogP contribution < -0.4 is 5.32 Å². The van der Waals surface area contributed by atoms with Crippen LogP contribution in [-0.2, 0) is 9.53 Å². The number of carbonyl (C=O) groups is 2. The molecule has 0 aliphatic rings. The maximum Gasteiger partial charge on any atom is 0.220 e. The second-order valence-electron chi connectivity index (χ2n) is 5.79. The van der Waals surface area contributed by atoms with Crippen LogP contribution in [0.3, 0.4) is 0 Å². The van der Waals surface area contributed by atoms with Crippen molar-refractivity contribution in [3.8, 4) is 11.1 Å². The normalized spacial score (nSPS) is 11.8. The van der Waals surface area contributed by atoms with Crippen LogP contribution in [0.4, 0.5) is 0 Å². The number of benzene rings is 2. The summed E-state index contributed by atoms with van der Waals surface area (Å²) < 4.78 is 4.97. The van der Waals surface area contributed by atoms with E-state index in [2.05, 4.69) is 5.32 Å². The van der Waals surface area contributed by atoms with Gasteiger partial charge in [-0.1, -0.05) is 54.6 Å². The lowest BCUT2D eigenvalue weighted by atomic mass is 10.0. The highest BCUT2D eigenvalue weighted by molar-refractivity contribution is 5.98. The van der Waals surface area contributed by atoms with Gasteiger partial charge in [0.05, 0.1) is 6.61 Å². The van der Waals surface area contributed by atoms with Crippen LogP contribution in [0.2, 0.25) is 0 Å². The Labute approximate surface area is 142 Å². The van der Waals surface area contributed by atoms with Crippen molar-refractivity contribution in [1.82, 2.24) is 5.32 Å². The molecule has 0 heterocycles. The van der Waals surface area contributed by atoms with Crippen LogP contribution in [0.1, 0.15) is 30.1 Å². The van der Waals surface area contributed by atoms with E-state index in [0.29, 0.717) is 12.2 Å². The number of Topliss-reactive ketones (excluding diaryl/α,β-unsaturated/α-hetero) is 1. The lowest BCUT2D eigenvalue weighted by Gasteiger charge is -2.12. The molecule has 1 atom stereocenters. The van der Waals surface area contributed by atoms with Crippen molar-refractivity contribution in [3.63, 3.8) is 0 Å². The Morgan fingerprint density at radius 2 is 1.58 bits per heavy atom. The monoisotopic (exact) mass is 325 g/mol. The molecule has 0 aliphatic heterocycles. The van der Waals surface area contributed by atoms with Gasteiger partial charge in [-0.3, -0.25) is 9.59 Å². The standard InChI is InChI=1S/C20H23NO3/c1-15(14-24-2)21-20(23)13-12-19(22)18-10-8-17(9-11-18)16-6-4-3-5-7-16/h3-11,15H,12-14H2,1-2H3,(H,21,23). The Kier molecular flexibility index (Phi) is 6.70. The quantitative estimate of drug-likeness (QED) is 0.756. The molecule has 2 rings (SSSR count). The Morgan fingerprint density at radius 3 is 2.21 bits per heavy atom. The van der Waals surface area contributed by atoms with E-state index in [1.807, 2.05) is 61.5 Å². The Hall–Kier alpha value is -2.46. The smallest absolute Gasteiger partial charge is 0.220 e. The number of hydrogen-bond acceptors (Lipinski definition) is 3. The Bertz CT molecular complexity index is 665. The third-order valence-electron chi connectivity index (χ3n) is 3.72. The van der Waals surface area contributed by atoms with E-state index in [9.17, 15) is 9.59 Å². The molecular formula is C20H23NO3. The first-order valence-corrected chi connectivity index (χ1v) is 8.07. The van der Waals surface area contributed by atoms with Gasteiger partial charge in [-0.05, 0) is 18.1 Å². The van der Waals surface area contributed by atoms with E-state index in [0.717, 1.165) is 11.1 Å². The lowest BCUT2D eigenvalue weighted by Crippen LogP contribution is -2.35. The molecule has 2 aromatic rings. The minimum atomic E-state index is -0.131. The average molecular weight is 325 g/mol. The van der Waals surface area contributed by atoms with Crippen molar-refractivity contribution in [2.45, 2.75) is 25.8 Å². The van der Waals surface area contributed by atoms with E-state index in [1.54, 1.807) is 7.11 Å². The summed E-state index contributed by atoms with van der Waals surface area (Å²) in [6.45, 7) is 2.33. The van der Waals surface area contributed by atoms with Gasteiger partial charge >= 0.3 is 0 Å². The van der Waals surface area contributed by atoms with Crippen LogP contribution in [0.15, 0.2) is 54.6 Å². The summed E-state index contributed by atoms with van der Waals surface area (Å²) in [5.41, 5.74) is 2.81. The molecule has 1 unspecified atom stereocenters. The zero-order valence-electron chi connectivity index (χ0n) is 14.1. The fourth-order valence-electron chi connectivity index (χ4n) is 2.49. The van der Waals surface area contributed by atoms with E-state index >= 15 is 0 Å². The van der Waals surface area contributed by atoms with Crippen LogP contribution in [-0.4, -0.2) is 31.4 Å². The van der Waals surface area contributed by atoms with Gasteiger partial charge in [-0.2, -0.15) is 0 Å². The second kappa shape index (κ2) is 8.99. The summed E-state index contributed by atoms with van der Waals surface area (Å²) in [7, 11) is 1.59. The van der Waals surface area contributed by atoms with Crippen LogP contribution in [0.5, 0.6) is 0 Å². The van der Waals surface area contributed by atoms with Crippen molar-refractivity contribution in [2.75, 3.05) is 13.7 Å². The predicted octanol–water partition coefficient (Wildman–Crippen LogP) is 3.47. The minimum absolute atomic E-state index is 0.0239. The number of nitrogens with one attached hydrogen (secondary N) is 1. The number of ether oxygens (including phenoxy) is 1. The molecule has 0 spiro atoms. The molecule has 0 aliphatic carbocycles. The van der Waals surface area contributed by atoms with Crippen molar-refractivity contribution in [2.24, 2.45) is 0 Å². The third-order valence-corrected chi connectivity index (χ3v) is 3.72. The molecule has 1 amide bonds. The molecule has 0 aromatic heterocycles. The van der Waals surface area contributed by atoms with Gasteiger partial charge in [0.1, 0.15) is 0 Å². The highest BCUT2D eigenvalue weighted by Gasteiger charge is 2.11. The van der Waals surface area contributed by atoms with Crippen molar-refractivity contribution in [3.05, 3.63) is 60.2 Å². The number of carbonyl (C=O) groups excluding carboxylic acids is 2. The average Bonchev–Trinajstić information content (AvgIpc) is 2.61. The molecular weight excluding hydrogens is 302 g/mol. The first kappa shape index (κ1) is 17.9. The maximum atomic E-state index is 12.2. The molecule has 0 saturated carbocycles. The van der Waals surface area contributed by atoms with Gasteiger partial charge in [-0.25, -0.2) is 0 Å². The van der Waals surface area contributed by atoms with Crippen molar-refractivity contribution in [1.29, 1.82) is 0 Å². The molecule has 1 N–H and O–H groups in total. The Balaban J connectivity index is 1.88. The van der Waals surface area contributed by atoms with Gasteiger partial charge in [0.15, 0.2) is 5.78 Å². The first-order chi connectivity index (χ1) is 11.6. The van der Waals surface area contributed by atoms with E-state index < -0.39 is 0 Å². The van der Waals surface area contributed by atoms with Gasteiger partial charge in [0.2, 0.25) is 5.91 Å². The van der Waals surface area contributed by atoms with Gasteiger partial charge in [-0.15, -0.1) is 0 Å². The predicted molar refractivity (Wildman–Crippen MR) is 94.9 cm³/mol. The van der Waals surface area contributed by atoms with E-state index in [1.165, 1.54) is 0 Å². The van der Waals surface area contributed by atoms with Crippen LogP contribution in [0.25, 0.3) is 11.1 Å². The molecule has 4 heteroatoms. The summed E-state index contributed by atoms with van der Waals surface area (Å²) in [5, 5.41) is 2.80. The zero-order chi connectivity index (χ0) is 17.4. The molecule has 0 bridgehead atoms. The molecule has 4 nitrogen and oxygen atoms in total. The molecule has 0 fully saturated rings. The van der Waals surface area contributed by atoms with Crippen molar-refractivity contribution >= 4 is 11.7 Å². The van der Waals surface area contributed by atoms with E-state index in [-0.39, 0.29) is 30.6 Å². The maximum absolute atomic E-state index is 12.2. The topological polar surface area (TPSA) is 55.4 Å². The van der Waals surface area contributed by atoms with E-state index in [4.69, 9.17) is 4.74 Å². The van der Waals surface area contributed by atoms with Gasteiger partial charge in [0, 0.05) is 31.6 Å². The number of hydrogen-bond donors (Lipinski definition) is 1.